The van der Waals surface area contributed by atoms with Crippen LogP contribution in [0.15, 0.2) is 16.6 Å². The maximum absolute atomic E-state index is 11.7. The van der Waals surface area contributed by atoms with Crippen LogP contribution < -0.4 is 11.1 Å². The standard InChI is InChI=1S/C11H16BrN3O/c1-4-15(3)11(16)14-10-7(2)5-8(12)6-9(10)13/h5-6H,4,13H2,1-3H3,(H,14,16). The third-order valence-corrected chi connectivity index (χ3v) is 2.84. The molecule has 0 aliphatic carbocycles. The molecule has 2 amide bonds. The average molecular weight is 286 g/mol. The fourth-order valence-corrected chi connectivity index (χ4v) is 1.88. The fraction of sp³-hybridized carbons (Fsp3) is 0.364. The second kappa shape index (κ2) is 5.21. The number of benzene rings is 1. The molecule has 1 aromatic rings. The largest absolute Gasteiger partial charge is 0.397 e. The monoisotopic (exact) mass is 285 g/mol. The molecule has 0 atom stereocenters. The Kier molecular flexibility index (Phi) is 4.18. The highest BCUT2D eigenvalue weighted by Gasteiger charge is 2.11. The lowest BCUT2D eigenvalue weighted by Crippen LogP contribution is -2.31. The van der Waals surface area contributed by atoms with Gasteiger partial charge in [0.25, 0.3) is 0 Å². The number of amides is 2. The van der Waals surface area contributed by atoms with Gasteiger partial charge in [-0.3, -0.25) is 0 Å². The van der Waals surface area contributed by atoms with Crippen LogP contribution in [-0.4, -0.2) is 24.5 Å². The summed E-state index contributed by atoms with van der Waals surface area (Å²) >= 11 is 3.35. The van der Waals surface area contributed by atoms with Gasteiger partial charge in [0.1, 0.15) is 0 Å². The normalized spacial score (nSPS) is 10.0. The average Bonchev–Trinajstić information content (AvgIpc) is 2.21. The van der Waals surface area contributed by atoms with E-state index in [0.29, 0.717) is 17.9 Å². The van der Waals surface area contributed by atoms with E-state index in [2.05, 4.69) is 21.2 Å². The Labute approximate surface area is 104 Å². The van der Waals surface area contributed by atoms with Crippen LogP contribution in [-0.2, 0) is 0 Å². The molecule has 5 heteroatoms. The molecule has 0 spiro atoms. The summed E-state index contributed by atoms with van der Waals surface area (Å²) in [4.78, 5) is 13.3. The molecule has 1 aromatic carbocycles. The molecule has 0 radical (unpaired) electrons. The molecule has 88 valence electrons. The molecule has 0 aliphatic heterocycles. The number of nitrogen functional groups attached to an aromatic ring is 1. The number of hydrogen-bond acceptors (Lipinski definition) is 2. The van der Waals surface area contributed by atoms with Gasteiger partial charge in [0.05, 0.1) is 11.4 Å². The number of hydrogen-bond donors (Lipinski definition) is 2. The Morgan fingerprint density at radius 2 is 2.19 bits per heavy atom. The van der Waals surface area contributed by atoms with Crippen LogP contribution in [0.2, 0.25) is 0 Å². The van der Waals surface area contributed by atoms with Crippen molar-refractivity contribution in [1.29, 1.82) is 0 Å². The number of nitrogens with one attached hydrogen (secondary N) is 1. The molecule has 0 saturated heterocycles. The maximum atomic E-state index is 11.7. The van der Waals surface area contributed by atoms with E-state index >= 15 is 0 Å². The van der Waals surface area contributed by atoms with E-state index in [0.717, 1.165) is 10.0 Å². The lowest BCUT2D eigenvalue weighted by molar-refractivity contribution is 0.224. The van der Waals surface area contributed by atoms with Crippen molar-refractivity contribution in [3.8, 4) is 0 Å². The lowest BCUT2D eigenvalue weighted by Gasteiger charge is -2.18. The zero-order valence-electron chi connectivity index (χ0n) is 9.67. The maximum Gasteiger partial charge on any atom is 0.321 e. The van der Waals surface area contributed by atoms with Crippen LogP contribution in [0.5, 0.6) is 0 Å². The summed E-state index contributed by atoms with van der Waals surface area (Å²) in [5.41, 5.74) is 8.02. The van der Waals surface area contributed by atoms with Crippen molar-refractivity contribution in [2.24, 2.45) is 0 Å². The summed E-state index contributed by atoms with van der Waals surface area (Å²) < 4.78 is 0.907. The number of carbonyl (C=O) groups is 1. The Bertz CT molecular complexity index is 383. The van der Waals surface area contributed by atoms with Crippen LogP contribution in [0.1, 0.15) is 12.5 Å². The summed E-state index contributed by atoms with van der Waals surface area (Å²) in [5.74, 6) is 0. The van der Waals surface area contributed by atoms with Crippen molar-refractivity contribution < 1.29 is 4.79 Å². The minimum Gasteiger partial charge on any atom is -0.397 e. The molecule has 0 unspecified atom stereocenters. The van der Waals surface area contributed by atoms with E-state index in [1.165, 1.54) is 0 Å². The van der Waals surface area contributed by atoms with Gasteiger partial charge in [-0.1, -0.05) is 15.9 Å². The topological polar surface area (TPSA) is 58.4 Å². The summed E-state index contributed by atoms with van der Waals surface area (Å²) in [6, 6.07) is 3.53. The Morgan fingerprint density at radius 3 is 2.69 bits per heavy atom. The molecule has 1 rings (SSSR count). The van der Waals surface area contributed by atoms with Crippen molar-refractivity contribution in [2.75, 3.05) is 24.6 Å². The molecule has 3 N–H and O–H groups in total. The molecule has 0 fully saturated rings. The fourth-order valence-electron chi connectivity index (χ4n) is 1.29. The third-order valence-electron chi connectivity index (χ3n) is 2.38. The smallest absolute Gasteiger partial charge is 0.321 e. The van der Waals surface area contributed by atoms with Gasteiger partial charge < -0.3 is 16.0 Å². The van der Waals surface area contributed by atoms with Crippen molar-refractivity contribution >= 4 is 33.3 Å². The first-order valence-corrected chi connectivity index (χ1v) is 5.82. The summed E-state index contributed by atoms with van der Waals surface area (Å²) in [6.07, 6.45) is 0. The molecule has 0 bridgehead atoms. The zero-order valence-corrected chi connectivity index (χ0v) is 11.3. The van der Waals surface area contributed by atoms with E-state index in [4.69, 9.17) is 5.73 Å². The molecule has 0 aliphatic rings. The van der Waals surface area contributed by atoms with Crippen molar-refractivity contribution in [3.05, 3.63) is 22.2 Å². The second-order valence-corrected chi connectivity index (χ2v) is 4.55. The molecule has 0 aromatic heterocycles. The van der Waals surface area contributed by atoms with Crippen LogP contribution >= 0.6 is 15.9 Å². The zero-order chi connectivity index (χ0) is 12.3. The summed E-state index contributed by atoms with van der Waals surface area (Å²) in [7, 11) is 1.74. The van der Waals surface area contributed by atoms with Gasteiger partial charge in [-0.25, -0.2) is 4.79 Å². The van der Waals surface area contributed by atoms with Crippen LogP contribution in [0.25, 0.3) is 0 Å². The first-order chi connectivity index (χ1) is 7.45. The Balaban J connectivity index is 2.93. The number of nitrogens with two attached hydrogens (primary N) is 1. The third kappa shape index (κ3) is 2.88. The summed E-state index contributed by atoms with van der Waals surface area (Å²) in [5, 5.41) is 2.80. The molecular weight excluding hydrogens is 270 g/mol. The summed E-state index contributed by atoms with van der Waals surface area (Å²) in [6.45, 7) is 4.47. The number of urea groups is 1. The Morgan fingerprint density at radius 1 is 1.56 bits per heavy atom. The minimum atomic E-state index is -0.153. The first kappa shape index (κ1) is 12.8. The van der Waals surface area contributed by atoms with Gasteiger partial charge in [0.2, 0.25) is 0 Å². The lowest BCUT2D eigenvalue weighted by atomic mass is 10.1. The van der Waals surface area contributed by atoms with Gasteiger partial charge >= 0.3 is 6.03 Å². The van der Waals surface area contributed by atoms with Crippen LogP contribution in [0, 0.1) is 6.92 Å². The minimum absolute atomic E-state index is 0.153. The number of carbonyl (C=O) groups excluding carboxylic acids is 1. The van der Waals surface area contributed by atoms with Crippen molar-refractivity contribution in [3.63, 3.8) is 0 Å². The highest BCUT2D eigenvalue weighted by molar-refractivity contribution is 9.10. The SMILES string of the molecule is CCN(C)C(=O)Nc1c(C)cc(Br)cc1N. The van der Waals surface area contributed by atoms with Gasteiger partial charge in [-0.2, -0.15) is 0 Å². The number of anilines is 2. The molecule has 0 saturated carbocycles. The van der Waals surface area contributed by atoms with Crippen LogP contribution in [0.4, 0.5) is 16.2 Å². The molecule has 0 heterocycles. The highest BCUT2D eigenvalue weighted by atomic mass is 79.9. The van der Waals surface area contributed by atoms with E-state index in [1.807, 2.05) is 19.9 Å². The van der Waals surface area contributed by atoms with Gasteiger partial charge in [0, 0.05) is 18.1 Å². The Hall–Kier alpha value is -1.23. The van der Waals surface area contributed by atoms with Gasteiger partial charge in [0.15, 0.2) is 0 Å². The first-order valence-electron chi connectivity index (χ1n) is 5.03. The predicted octanol–water partition coefficient (Wildman–Crippen LogP) is 2.82. The molecule has 16 heavy (non-hydrogen) atoms. The number of halogens is 1. The predicted molar refractivity (Wildman–Crippen MR) is 70.6 cm³/mol. The van der Waals surface area contributed by atoms with E-state index in [-0.39, 0.29) is 6.03 Å². The highest BCUT2D eigenvalue weighted by Crippen LogP contribution is 2.27. The van der Waals surface area contributed by atoms with Crippen molar-refractivity contribution in [1.82, 2.24) is 4.90 Å². The van der Waals surface area contributed by atoms with E-state index in [1.54, 1.807) is 18.0 Å². The number of aryl methyl sites for hydroxylation is 1. The molecular formula is C11H16BrN3O. The number of rotatable bonds is 2. The van der Waals surface area contributed by atoms with Gasteiger partial charge in [-0.05, 0) is 31.5 Å². The van der Waals surface area contributed by atoms with Crippen LogP contribution in [0.3, 0.4) is 0 Å². The molecule has 4 nitrogen and oxygen atoms in total. The van der Waals surface area contributed by atoms with E-state index < -0.39 is 0 Å². The van der Waals surface area contributed by atoms with Crippen molar-refractivity contribution in [2.45, 2.75) is 13.8 Å². The van der Waals surface area contributed by atoms with E-state index in [9.17, 15) is 4.79 Å². The van der Waals surface area contributed by atoms with Gasteiger partial charge in [-0.15, -0.1) is 0 Å². The second-order valence-electron chi connectivity index (χ2n) is 3.63. The quantitative estimate of drug-likeness (QED) is 0.821. The number of nitrogens with zero attached hydrogens (tertiary/aromatic N) is 1.